The molecule has 5 heteroatoms. The molecule has 5 nitrogen and oxygen atoms in total. The van der Waals surface area contributed by atoms with Gasteiger partial charge in [-0.15, -0.1) is 0 Å². The van der Waals surface area contributed by atoms with E-state index < -0.39 is 5.41 Å². The number of allylic oxidation sites excluding steroid dienone is 2. The molecule has 41 heavy (non-hydrogen) atoms. The summed E-state index contributed by atoms with van der Waals surface area (Å²) in [6.07, 6.45) is 5.30. The van der Waals surface area contributed by atoms with Gasteiger partial charge in [0.1, 0.15) is 0 Å². The number of carbonyl (C=O) groups excluding carboxylic acids is 1. The number of fused-ring (bicyclic) bond motifs is 4. The predicted molar refractivity (Wildman–Crippen MR) is 162 cm³/mol. The van der Waals surface area contributed by atoms with Gasteiger partial charge in [0.25, 0.3) is 0 Å². The molecule has 0 aliphatic heterocycles. The van der Waals surface area contributed by atoms with Crippen LogP contribution in [-0.2, 0) is 16.6 Å². The maximum absolute atomic E-state index is 13.0. The van der Waals surface area contributed by atoms with Crippen molar-refractivity contribution in [3.05, 3.63) is 126 Å². The first-order valence-electron chi connectivity index (χ1n) is 14.0. The molecule has 0 bridgehead atoms. The average molecular weight is 533 g/mol. The molecular weight excluding hydrogens is 504 g/mol. The molecule has 7 rings (SSSR count). The van der Waals surface area contributed by atoms with Crippen LogP contribution in [0.4, 0.5) is 0 Å². The summed E-state index contributed by atoms with van der Waals surface area (Å²) in [4.78, 5) is 31.8. The van der Waals surface area contributed by atoms with Crippen LogP contribution in [0.5, 0.6) is 0 Å². The minimum Gasteiger partial charge on any atom is -0.308 e. The van der Waals surface area contributed by atoms with Gasteiger partial charge in [0.05, 0.1) is 23.5 Å². The van der Waals surface area contributed by atoms with Crippen LogP contribution in [0.15, 0.2) is 103 Å². The van der Waals surface area contributed by atoms with Gasteiger partial charge in [-0.2, -0.15) is 0 Å². The number of para-hydroxylation sites is 1. The number of ketones is 1. The van der Waals surface area contributed by atoms with E-state index in [9.17, 15) is 4.79 Å². The van der Waals surface area contributed by atoms with Crippen LogP contribution < -0.4 is 0 Å². The summed E-state index contributed by atoms with van der Waals surface area (Å²) in [6.45, 7) is 11.9. The van der Waals surface area contributed by atoms with Gasteiger partial charge in [-0.25, -0.2) is 14.8 Å². The van der Waals surface area contributed by atoms with E-state index >= 15 is 0 Å². The normalized spacial score (nSPS) is 21.5. The third kappa shape index (κ3) is 3.98. The fourth-order valence-electron chi connectivity index (χ4n) is 6.87. The van der Waals surface area contributed by atoms with E-state index in [2.05, 4.69) is 71.4 Å². The van der Waals surface area contributed by atoms with Gasteiger partial charge in [0.15, 0.2) is 11.6 Å². The van der Waals surface area contributed by atoms with Crippen molar-refractivity contribution in [2.45, 2.75) is 32.1 Å². The first kappa shape index (κ1) is 25.0. The molecule has 0 saturated carbocycles. The average Bonchev–Trinajstić information content (AvgIpc) is 3.02. The zero-order chi connectivity index (χ0) is 28.1. The topological polar surface area (TPSA) is 60.1 Å². The summed E-state index contributed by atoms with van der Waals surface area (Å²) in [5.74, 6) is 0.392. The van der Waals surface area contributed by atoms with Crippen molar-refractivity contribution in [1.29, 1.82) is 0 Å². The second kappa shape index (κ2) is 9.60. The highest BCUT2D eigenvalue weighted by molar-refractivity contribution is 6.00. The van der Waals surface area contributed by atoms with Crippen LogP contribution in [0.2, 0.25) is 0 Å². The lowest BCUT2D eigenvalue weighted by Crippen LogP contribution is -2.46. The Hall–Kier alpha value is -4.95. The fraction of sp³-hybridized carbons (Fsp3) is 0.194. The number of hydrogen-bond acceptors (Lipinski definition) is 4. The number of Topliss-reactive ketones (excluding diaryl/α,β-unsaturated/α-hetero) is 1. The Morgan fingerprint density at radius 2 is 1.66 bits per heavy atom. The number of benzene rings is 3. The summed E-state index contributed by atoms with van der Waals surface area (Å²) in [5.41, 5.74) is 7.67. The molecule has 2 aromatic heterocycles. The van der Waals surface area contributed by atoms with Gasteiger partial charge in [0.2, 0.25) is 5.70 Å². The molecular formula is C36H28N4O. The molecule has 0 fully saturated rings. The Labute approximate surface area is 239 Å². The third-order valence-corrected chi connectivity index (χ3v) is 8.95. The van der Waals surface area contributed by atoms with Gasteiger partial charge in [-0.3, -0.25) is 4.98 Å². The van der Waals surface area contributed by atoms with E-state index in [-0.39, 0.29) is 23.3 Å². The van der Waals surface area contributed by atoms with Crippen molar-refractivity contribution < 1.29 is 4.79 Å². The van der Waals surface area contributed by atoms with Crippen LogP contribution in [0.25, 0.3) is 49.5 Å². The Morgan fingerprint density at radius 3 is 2.49 bits per heavy atom. The first-order valence-corrected chi connectivity index (χ1v) is 14.0. The van der Waals surface area contributed by atoms with Crippen molar-refractivity contribution in [3.8, 4) is 33.8 Å². The molecule has 2 heterocycles. The van der Waals surface area contributed by atoms with Crippen molar-refractivity contribution in [2.75, 3.05) is 0 Å². The highest BCUT2D eigenvalue weighted by atomic mass is 16.1. The first-order chi connectivity index (χ1) is 20.0. The van der Waals surface area contributed by atoms with E-state index in [1.807, 2.05) is 43.3 Å². The van der Waals surface area contributed by atoms with Crippen LogP contribution in [0.1, 0.15) is 31.5 Å². The number of rotatable bonds is 3. The lowest BCUT2D eigenvalue weighted by atomic mass is 9.58. The third-order valence-electron chi connectivity index (χ3n) is 8.95. The number of nitrogens with zero attached hydrogens (tertiary/aromatic N) is 4. The second-order valence-electron chi connectivity index (χ2n) is 11.3. The second-order valence-corrected chi connectivity index (χ2v) is 11.3. The van der Waals surface area contributed by atoms with Crippen LogP contribution >= 0.6 is 0 Å². The van der Waals surface area contributed by atoms with E-state index in [0.29, 0.717) is 5.82 Å². The maximum atomic E-state index is 13.0. The van der Waals surface area contributed by atoms with E-state index in [1.165, 1.54) is 0 Å². The zero-order valence-corrected chi connectivity index (χ0v) is 23.0. The minimum absolute atomic E-state index is 0.0591. The predicted octanol–water partition coefficient (Wildman–Crippen LogP) is 7.87. The number of hydrogen-bond donors (Lipinski definition) is 0. The van der Waals surface area contributed by atoms with E-state index in [0.717, 1.165) is 62.9 Å². The molecule has 0 saturated heterocycles. The fourth-order valence-corrected chi connectivity index (χ4v) is 6.87. The van der Waals surface area contributed by atoms with Crippen molar-refractivity contribution >= 4 is 16.7 Å². The molecule has 198 valence electrons. The van der Waals surface area contributed by atoms with Crippen molar-refractivity contribution in [2.24, 2.45) is 11.8 Å². The minimum atomic E-state index is -0.562. The lowest BCUT2D eigenvalue weighted by molar-refractivity contribution is -0.121. The quantitative estimate of drug-likeness (QED) is 0.222. The van der Waals surface area contributed by atoms with Gasteiger partial charge >= 0.3 is 0 Å². The highest BCUT2D eigenvalue weighted by Crippen LogP contribution is 2.51. The lowest BCUT2D eigenvalue weighted by Gasteiger charge is -2.46. The summed E-state index contributed by atoms with van der Waals surface area (Å²) in [5, 5.41) is 0.987. The Balaban J connectivity index is 1.52. The SMILES string of the molecule is [C-]#[N+]C1=C[C@@]2(C)c3nc(-c4ccnc5ccccc45)nc(-c4cccc(-c5ccccc5)c4)c3CC[C@@H]2[C@@H](C)C1=O. The van der Waals surface area contributed by atoms with Crippen molar-refractivity contribution in [1.82, 2.24) is 15.0 Å². The largest absolute Gasteiger partial charge is 0.308 e. The van der Waals surface area contributed by atoms with E-state index in [1.54, 1.807) is 6.20 Å². The molecule has 0 radical (unpaired) electrons. The van der Waals surface area contributed by atoms with Gasteiger partial charge in [0, 0.05) is 39.6 Å². The summed E-state index contributed by atoms with van der Waals surface area (Å²) < 4.78 is 0. The Bertz CT molecular complexity index is 1910. The molecule has 0 spiro atoms. The van der Waals surface area contributed by atoms with Crippen LogP contribution in [0.3, 0.4) is 0 Å². The smallest absolute Gasteiger partial charge is 0.226 e. The zero-order valence-electron chi connectivity index (χ0n) is 23.0. The summed E-state index contributed by atoms with van der Waals surface area (Å²) >= 11 is 0. The molecule has 3 atom stereocenters. The maximum Gasteiger partial charge on any atom is 0.226 e. The molecule has 0 N–H and O–H groups in total. The molecule has 2 aliphatic carbocycles. The number of pyridine rings is 1. The molecule has 5 aromatic rings. The summed E-state index contributed by atoms with van der Waals surface area (Å²) in [6, 6.07) is 28.9. The van der Waals surface area contributed by atoms with Crippen LogP contribution in [0, 0.1) is 18.4 Å². The molecule has 2 aliphatic rings. The monoisotopic (exact) mass is 532 g/mol. The standard InChI is InChI=1S/C36H28N4O/c1-22-29-17-16-28-32(25-13-9-12-24(20-25)23-10-5-4-6-11-23)39-35(27-18-19-38-30-15-8-7-14-26(27)30)40-34(28)36(29,2)21-31(37-3)33(22)41/h4-15,18-22,29H,16-17H2,1-2H3/t22-,29-,36-/m1/s1. The Kier molecular flexibility index (Phi) is 5.87. The van der Waals surface area contributed by atoms with E-state index in [4.69, 9.17) is 16.5 Å². The molecule has 0 unspecified atom stereocenters. The number of aromatic nitrogens is 3. The Morgan fingerprint density at radius 1 is 0.902 bits per heavy atom. The number of carbonyl (C=O) groups is 1. The summed E-state index contributed by atoms with van der Waals surface area (Å²) in [7, 11) is 0. The van der Waals surface area contributed by atoms with Crippen LogP contribution in [-0.4, -0.2) is 20.7 Å². The van der Waals surface area contributed by atoms with Gasteiger partial charge in [-0.1, -0.05) is 86.7 Å². The van der Waals surface area contributed by atoms with Crippen molar-refractivity contribution in [3.63, 3.8) is 0 Å². The highest BCUT2D eigenvalue weighted by Gasteiger charge is 2.49. The van der Waals surface area contributed by atoms with Gasteiger partial charge < -0.3 is 4.79 Å². The van der Waals surface area contributed by atoms with Gasteiger partial charge in [-0.05, 0) is 48.1 Å². The molecule has 3 aromatic carbocycles. The molecule has 0 amide bonds.